The lowest BCUT2D eigenvalue weighted by atomic mass is 10.2. The van der Waals surface area contributed by atoms with Crippen LogP contribution in [0.5, 0.6) is 0 Å². The molecule has 140 valence electrons. The maximum atomic E-state index is 12.3. The average molecular weight is 389 g/mol. The molecule has 1 amide bonds. The number of carbonyl (C=O) groups excluding carboxylic acids is 2. The van der Waals surface area contributed by atoms with Crippen LogP contribution in [0, 0.1) is 0 Å². The summed E-state index contributed by atoms with van der Waals surface area (Å²) in [5.74, 6) is -0.958. The molecule has 0 aliphatic rings. The summed E-state index contributed by atoms with van der Waals surface area (Å²) in [4.78, 5) is 28.2. The lowest BCUT2D eigenvalue weighted by Crippen LogP contribution is -2.14. The summed E-state index contributed by atoms with van der Waals surface area (Å²) in [6.45, 7) is 2.35. The molecular weight excluding hydrogens is 372 g/mol. The van der Waals surface area contributed by atoms with Crippen molar-refractivity contribution in [1.29, 1.82) is 0 Å². The van der Waals surface area contributed by atoms with Gasteiger partial charge in [0.05, 0.1) is 13.2 Å². The van der Waals surface area contributed by atoms with Gasteiger partial charge in [0.1, 0.15) is 12.0 Å². The zero-order valence-electron chi connectivity index (χ0n) is 14.7. The standard InChI is InChI=1S/C17H17ClN6O3/c1-3-27-16(26)14-8-13(21-23(14)2)15(25)20-17-19-10-24(22-17)9-11-6-4-5-7-12(11)18/h4-8,10H,3,9H2,1-2H3,(H,20,22,25). The van der Waals surface area contributed by atoms with Gasteiger partial charge in [-0.1, -0.05) is 29.8 Å². The smallest absolute Gasteiger partial charge is 0.356 e. The van der Waals surface area contributed by atoms with Gasteiger partial charge in [-0.3, -0.25) is 14.8 Å². The molecule has 0 radical (unpaired) electrons. The normalized spacial score (nSPS) is 10.6. The number of anilines is 1. The molecule has 3 rings (SSSR count). The van der Waals surface area contributed by atoms with E-state index in [0.717, 1.165) is 5.56 Å². The molecule has 0 aliphatic carbocycles. The Balaban J connectivity index is 1.68. The molecule has 0 fully saturated rings. The van der Waals surface area contributed by atoms with E-state index in [1.807, 2.05) is 18.2 Å². The third-order valence-electron chi connectivity index (χ3n) is 3.65. The van der Waals surface area contributed by atoms with Crippen molar-refractivity contribution in [2.75, 3.05) is 11.9 Å². The summed E-state index contributed by atoms with van der Waals surface area (Å²) in [6.07, 6.45) is 1.49. The van der Waals surface area contributed by atoms with E-state index in [9.17, 15) is 9.59 Å². The first-order chi connectivity index (χ1) is 13.0. The van der Waals surface area contributed by atoms with Crippen molar-refractivity contribution in [3.63, 3.8) is 0 Å². The highest BCUT2D eigenvalue weighted by atomic mass is 35.5. The van der Waals surface area contributed by atoms with Crippen molar-refractivity contribution in [3.05, 3.63) is 58.6 Å². The Kier molecular flexibility index (Phi) is 5.51. The van der Waals surface area contributed by atoms with Crippen LogP contribution in [0.3, 0.4) is 0 Å². The summed E-state index contributed by atoms with van der Waals surface area (Å²) < 4.78 is 7.76. The van der Waals surface area contributed by atoms with Gasteiger partial charge in [-0.15, -0.1) is 5.10 Å². The van der Waals surface area contributed by atoms with Crippen molar-refractivity contribution in [2.24, 2.45) is 7.05 Å². The largest absolute Gasteiger partial charge is 0.461 e. The van der Waals surface area contributed by atoms with Crippen LogP contribution >= 0.6 is 11.6 Å². The first-order valence-corrected chi connectivity index (χ1v) is 8.51. The molecule has 0 saturated carbocycles. The van der Waals surface area contributed by atoms with E-state index in [1.54, 1.807) is 24.7 Å². The molecule has 0 aliphatic heterocycles. The van der Waals surface area contributed by atoms with Crippen molar-refractivity contribution in [1.82, 2.24) is 24.5 Å². The number of esters is 1. The highest BCUT2D eigenvalue weighted by Crippen LogP contribution is 2.16. The summed E-state index contributed by atoms with van der Waals surface area (Å²) in [6, 6.07) is 8.75. The quantitative estimate of drug-likeness (QED) is 0.649. The fraction of sp³-hybridized carbons (Fsp3) is 0.235. The molecular formula is C17H17ClN6O3. The number of nitrogens with zero attached hydrogens (tertiary/aromatic N) is 5. The van der Waals surface area contributed by atoms with E-state index in [1.165, 1.54) is 17.1 Å². The molecule has 0 atom stereocenters. The molecule has 1 aromatic carbocycles. The highest BCUT2D eigenvalue weighted by Gasteiger charge is 2.19. The number of amides is 1. The Morgan fingerprint density at radius 3 is 2.78 bits per heavy atom. The number of aromatic nitrogens is 5. The third kappa shape index (κ3) is 4.32. The number of rotatable bonds is 6. The molecule has 0 saturated heterocycles. The van der Waals surface area contributed by atoms with E-state index < -0.39 is 11.9 Å². The molecule has 2 aromatic heterocycles. The number of carbonyl (C=O) groups is 2. The van der Waals surface area contributed by atoms with Gasteiger partial charge < -0.3 is 4.74 Å². The lowest BCUT2D eigenvalue weighted by Gasteiger charge is -2.03. The number of benzene rings is 1. The number of ether oxygens (including phenoxy) is 1. The number of nitrogens with one attached hydrogen (secondary N) is 1. The SMILES string of the molecule is CCOC(=O)c1cc(C(=O)Nc2ncn(Cc3ccccc3Cl)n2)nn1C. The van der Waals surface area contributed by atoms with Crippen molar-refractivity contribution in [3.8, 4) is 0 Å². The van der Waals surface area contributed by atoms with Crippen molar-refractivity contribution >= 4 is 29.4 Å². The number of aryl methyl sites for hydroxylation is 1. The van der Waals surface area contributed by atoms with Crippen LogP contribution in [0.15, 0.2) is 36.7 Å². The highest BCUT2D eigenvalue weighted by molar-refractivity contribution is 6.31. The van der Waals surface area contributed by atoms with Crippen molar-refractivity contribution in [2.45, 2.75) is 13.5 Å². The van der Waals surface area contributed by atoms with Gasteiger partial charge in [-0.05, 0) is 18.6 Å². The molecule has 1 N–H and O–H groups in total. The minimum absolute atomic E-state index is 0.0583. The first kappa shape index (κ1) is 18.6. The molecule has 9 nitrogen and oxygen atoms in total. The van der Waals surface area contributed by atoms with E-state index in [2.05, 4.69) is 20.5 Å². The number of hydrogen-bond acceptors (Lipinski definition) is 6. The molecule has 3 aromatic rings. The zero-order chi connectivity index (χ0) is 19.4. The van der Waals surface area contributed by atoms with Crippen LogP contribution in [0.2, 0.25) is 5.02 Å². The van der Waals surface area contributed by atoms with Crippen LogP contribution in [0.1, 0.15) is 33.5 Å². The Morgan fingerprint density at radius 2 is 2.04 bits per heavy atom. The van der Waals surface area contributed by atoms with Crippen LogP contribution in [0.25, 0.3) is 0 Å². The summed E-state index contributed by atoms with van der Waals surface area (Å²) in [5.41, 5.74) is 1.12. The predicted molar refractivity (Wildman–Crippen MR) is 97.7 cm³/mol. The zero-order valence-corrected chi connectivity index (χ0v) is 15.5. The molecule has 0 bridgehead atoms. The molecule has 10 heteroatoms. The predicted octanol–water partition coefficient (Wildman–Crippen LogP) is 2.14. The Morgan fingerprint density at radius 1 is 1.26 bits per heavy atom. The lowest BCUT2D eigenvalue weighted by molar-refractivity contribution is 0.0513. The van der Waals surface area contributed by atoms with Gasteiger partial charge in [0.15, 0.2) is 5.69 Å². The molecule has 0 unspecified atom stereocenters. The average Bonchev–Trinajstić information content (AvgIpc) is 3.23. The minimum atomic E-state index is -0.548. The second-order valence-electron chi connectivity index (χ2n) is 5.57. The molecule has 2 heterocycles. The second-order valence-corrected chi connectivity index (χ2v) is 5.98. The van der Waals surface area contributed by atoms with Gasteiger partial charge >= 0.3 is 5.97 Å². The van der Waals surface area contributed by atoms with E-state index >= 15 is 0 Å². The summed E-state index contributed by atoms with van der Waals surface area (Å²) in [5, 5.41) is 11.4. The first-order valence-electron chi connectivity index (χ1n) is 8.13. The Labute approximate surface area is 159 Å². The van der Waals surface area contributed by atoms with Gasteiger partial charge in [-0.25, -0.2) is 14.5 Å². The monoisotopic (exact) mass is 388 g/mol. The summed E-state index contributed by atoms with van der Waals surface area (Å²) >= 11 is 6.13. The molecule has 27 heavy (non-hydrogen) atoms. The van der Waals surface area contributed by atoms with E-state index in [-0.39, 0.29) is 23.9 Å². The van der Waals surface area contributed by atoms with Gasteiger partial charge in [0, 0.05) is 18.1 Å². The fourth-order valence-corrected chi connectivity index (χ4v) is 2.56. The van der Waals surface area contributed by atoms with E-state index in [4.69, 9.17) is 16.3 Å². The number of hydrogen-bond donors (Lipinski definition) is 1. The summed E-state index contributed by atoms with van der Waals surface area (Å²) in [7, 11) is 1.56. The molecule has 0 spiro atoms. The third-order valence-corrected chi connectivity index (χ3v) is 4.02. The van der Waals surface area contributed by atoms with Crippen LogP contribution in [-0.4, -0.2) is 43.0 Å². The van der Waals surface area contributed by atoms with Crippen molar-refractivity contribution < 1.29 is 14.3 Å². The topological polar surface area (TPSA) is 104 Å². The van der Waals surface area contributed by atoms with Gasteiger partial charge in [-0.2, -0.15) is 5.10 Å². The van der Waals surface area contributed by atoms with Crippen LogP contribution < -0.4 is 5.32 Å². The van der Waals surface area contributed by atoms with Crippen LogP contribution in [-0.2, 0) is 18.3 Å². The van der Waals surface area contributed by atoms with Gasteiger partial charge in [0.25, 0.3) is 5.91 Å². The van der Waals surface area contributed by atoms with E-state index in [0.29, 0.717) is 11.6 Å². The fourth-order valence-electron chi connectivity index (χ4n) is 2.37. The number of halogens is 1. The Bertz CT molecular complexity index is 981. The van der Waals surface area contributed by atoms with Crippen LogP contribution in [0.4, 0.5) is 5.95 Å². The van der Waals surface area contributed by atoms with Gasteiger partial charge in [0.2, 0.25) is 5.95 Å². The minimum Gasteiger partial charge on any atom is -0.461 e. The second kappa shape index (κ2) is 8.00. The maximum Gasteiger partial charge on any atom is 0.356 e. The maximum absolute atomic E-state index is 12.3. The Hall–Kier alpha value is -3.20.